The number of carbonyl (C=O) groups is 8. The number of phenols is 1. The SMILES string of the molecule is CC(C)(NC(=O)[C@@H]1CCCN1C(=O)[C@H](Cc1cnc[nH]1)NC(=O)[C@@H](N)Cc1c[nH]c2ccccc12)C(=O)NC(C)(C)C(=O)N[C@@H](CC(=O)O)C(=O)N[C@@H](Cc1ccc(O)cc1)C(=O)O. The summed E-state index contributed by atoms with van der Waals surface area (Å²) in [6.45, 7) is 5.45. The highest BCUT2D eigenvalue weighted by Crippen LogP contribution is 2.22. The second kappa shape index (κ2) is 20.3. The van der Waals surface area contributed by atoms with Crippen LogP contribution in [0.15, 0.2) is 67.3 Å². The van der Waals surface area contributed by atoms with Gasteiger partial charge in [0.15, 0.2) is 0 Å². The third-order valence-electron chi connectivity index (χ3n) is 10.9. The van der Waals surface area contributed by atoms with Gasteiger partial charge in [-0.2, -0.15) is 0 Å². The van der Waals surface area contributed by atoms with Crippen molar-refractivity contribution < 1.29 is 53.7 Å². The number of H-pyrrole nitrogens is 2. The van der Waals surface area contributed by atoms with E-state index in [1.165, 1.54) is 69.4 Å². The Morgan fingerprint density at radius 2 is 1.48 bits per heavy atom. The molecule has 21 nitrogen and oxygen atoms in total. The van der Waals surface area contributed by atoms with E-state index in [1.54, 1.807) is 6.20 Å². The van der Waals surface area contributed by atoms with Crippen LogP contribution in [0.1, 0.15) is 63.8 Å². The smallest absolute Gasteiger partial charge is 0.326 e. The number of aromatic nitrogens is 3. The largest absolute Gasteiger partial charge is 0.508 e. The van der Waals surface area contributed by atoms with Crippen LogP contribution in [0.25, 0.3) is 10.9 Å². The summed E-state index contributed by atoms with van der Waals surface area (Å²) >= 11 is 0. The van der Waals surface area contributed by atoms with E-state index >= 15 is 0 Å². The maximum atomic E-state index is 14.2. The first kappa shape index (κ1) is 47.8. The molecule has 2 aromatic carbocycles. The fraction of sp³-hybridized carbons (Fsp3) is 0.419. The normalized spacial score (nSPS) is 15.9. The van der Waals surface area contributed by atoms with Gasteiger partial charge in [0, 0.05) is 48.4 Å². The highest BCUT2D eigenvalue weighted by molar-refractivity contribution is 6.00. The third kappa shape index (κ3) is 12.2. The minimum Gasteiger partial charge on any atom is -0.508 e. The molecule has 342 valence electrons. The summed E-state index contributed by atoms with van der Waals surface area (Å²) in [5.74, 6) is -7.81. The van der Waals surface area contributed by atoms with Crippen molar-refractivity contribution in [3.63, 3.8) is 0 Å². The Balaban J connectivity index is 1.21. The maximum absolute atomic E-state index is 14.2. The molecule has 0 saturated carbocycles. The van der Waals surface area contributed by atoms with Crippen LogP contribution >= 0.6 is 0 Å². The Hall–Kier alpha value is -7.29. The number of benzene rings is 2. The van der Waals surface area contributed by atoms with E-state index in [1.807, 2.05) is 24.3 Å². The van der Waals surface area contributed by atoms with Crippen LogP contribution in [-0.4, -0.2) is 130 Å². The van der Waals surface area contributed by atoms with Crippen molar-refractivity contribution in [3.8, 4) is 5.75 Å². The molecule has 2 aromatic heterocycles. The number of hydrogen-bond acceptors (Lipinski definition) is 11. The number of amides is 6. The quantitative estimate of drug-likeness (QED) is 0.0546. The van der Waals surface area contributed by atoms with Gasteiger partial charge in [0.1, 0.15) is 41.0 Å². The van der Waals surface area contributed by atoms with Gasteiger partial charge in [-0.1, -0.05) is 30.3 Å². The number of nitrogens with zero attached hydrogens (tertiary/aromatic N) is 2. The fourth-order valence-electron chi connectivity index (χ4n) is 7.24. The number of aliphatic carboxylic acids is 2. The van der Waals surface area contributed by atoms with Gasteiger partial charge in [-0.3, -0.25) is 33.6 Å². The molecule has 1 saturated heterocycles. The first-order valence-electron chi connectivity index (χ1n) is 20.5. The zero-order valence-electron chi connectivity index (χ0n) is 35.8. The highest BCUT2D eigenvalue weighted by atomic mass is 16.4. The number of rotatable bonds is 20. The summed E-state index contributed by atoms with van der Waals surface area (Å²) in [7, 11) is 0. The molecule has 0 unspecified atom stereocenters. The van der Waals surface area contributed by atoms with Crippen LogP contribution in [0.2, 0.25) is 0 Å². The molecular formula is C43H54N10O11. The molecule has 1 fully saturated rings. The van der Waals surface area contributed by atoms with E-state index in [-0.39, 0.29) is 38.0 Å². The van der Waals surface area contributed by atoms with Gasteiger partial charge in [-0.15, -0.1) is 0 Å². The number of aromatic amines is 2. The number of phenolic OH excluding ortho intramolecular Hbond substituents is 1. The number of hydrogen-bond donors (Lipinski definition) is 11. The molecule has 5 atom stereocenters. The van der Waals surface area contributed by atoms with Gasteiger partial charge >= 0.3 is 11.9 Å². The first-order valence-corrected chi connectivity index (χ1v) is 20.5. The summed E-state index contributed by atoms with van der Waals surface area (Å²) in [4.78, 5) is 117. The van der Waals surface area contributed by atoms with Crippen molar-refractivity contribution in [1.82, 2.24) is 46.4 Å². The number of nitrogens with two attached hydrogens (primary N) is 1. The second-order valence-electron chi connectivity index (χ2n) is 16.8. The number of carbonyl (C=O) groups excluding carboxylic acids is 6. The van der Waals surface area contributed by atoms with Gasteiger partial charge in [0.25, 0.3) is 0 Å². The van der Waals surface area contributed by atoms with E-state index in [2.05, 4.69) is 41.5 Å². The Bertz CT molecular complexity index is 2360. The maximum Gasteiger partial charge on any atom is 0.326 e. The van der Waals surface area contributed by atoms with Crippen molar-refractivity contribution >= 4 is 58.3 Å². The number of fused-ring (bicyclic) bond motifs is 1. The summed E-state index contributed by atoms with van der Waals surface area (Å²) in [5, 5.41) is 42.2. The van der Waals surface area contributed by atoms with E-state index in [4.69, 9.17) is 5.73 Å². The molecule has 12 N–H and O–H groups in total. The predicted molar refractivity (Wildman–Crippen MR) is 229 cm³/mol. The van der Waals surface area contributed by atoms with Crippen LogP contribution < -0.4 is 32.3 Å². The molecule has 0 spiro atoms. The highest BCUT2D eigenvalue weighted by Gasteiger charge is 2.43. The van der Waals surface area contributed by atoms with E-state index in [0.29, 0.717) is 17.7 Å². The van der Waals surface area contributed by atoms with Crippen LogP contribution in [-0.2, 0) is 57.6 Å². The standard InChI is InChI=1S/C43H54N10O11/c1-42(2,40(63)50-30(19-34(55)56)36(58)49-32(39(61)62)16-23-11-13-26(54)14-12-23)52-41(64)43(3,4)51-37(59)33-10-7-15-53(33)38(60)31(18-25-21-45-22-47-25)48-35(57)28(44)17-24-20-46-29-9-6-5-8-27(24)29/h5-6,8-9,11-14,20-22,28,30-33,46,54H,7,10,15-19,44H2,1-4H3,(H,45,47)(H,48,57)(H,49,58)(H,50,63)(H,51,59)(H,52,64)(H,55,56)(H,61,62)/t28-,30-,31-,32-,33-/m0/s1. The molecule has 64 heavy (non-hydrogen) atoms. The summed E-state index contributed by atoms with van der Waals surface area (Å²) < 4.78 is 0. The van der Waals surface area contributed by atoms with Gasteiger partial charge < -0.3 is 62.5 Å². The monoisotopic (exact) mass is 886 g/mol. The molecule has 1 aliphatic heterocycles. The molecule has 0 radical (unpaired) electrons. The number of para-hydroxylation sites is 1. The summed E-state index contributed by atoms with van der Waals surface area (Å²) in [6, 6.07) is 6.59. The fourth-order valence-corrected chi connectivity index (χ4v) is 7.24. The zero-order valence-corrected chi connectivity index (χ0v) is 35.8. The number of nitrogens with one attached hydrogen (secondary N) is 7. The van der Waals surface area contributed by atoms with Gasteiger partial charge in [-0.05, 0) is 76.3 Å². The topological polar surface area (TPSA) is 331 Å². The third-order valence-corrected chi connectivity index (χ3v) is 10.9. The van der Waals surface area contributed by atoms with Gasteiger partial charge in [0.2, 0.25) is 35.4 Å². The average molecular weight is 887 g/mol. The Morgan fingerprint density at radius 1 is 0.812 bits per heavy atom. The first-order chi connectivity index (χ1) is 30.1. The molecule has 0 aliphatic carbocycles. The van der Waals surface area contributed by atoms with Crippen LogP contribution in [0.4, 0.5) is 0 Å². The molecule has 6 amide bonds. The van der Waals surface area contributed by atoms with Crippen LogP contribution in [0.5, 0.6) is 5.75 Å². The number of carboxylic acids is 2. The van der Waals surface area contributed by atoms with E-state index in [9.17, 15) is 53.7 Å². The van der Waals surface area contributed by atoms with Crippen LogP contribution in [0.3, 0.4) is 0 Å². The molecule has 4 aromatic rings. The molecular weight excluding hydrogens is 833 g/mol. The number of carboxylic acid groups (broad SMARTS) is 2. The molecule has 1 aliphatic rings. The van der Waals surface area contributed by atoms with Crippen LogP contribution in [0, 0.1) is 0 Å². The Kier molecular flexibility index (Phi) is 15.1. The van der Waals surface area contributed by atoms with Crippen molar-refractivity contribution in [2.75, 3.05) is 6.54 Å². The summed E-state index contributed by atoms with van der Waals surface area (Å²) in [5.41, 5.74) is 5.51. The van der Waals surface area contributed by atoms with Crippen molar-refractivity contribution in [2.24, 2.45) is 5.73 Å². The van der Waals surface area contributed by atoms with Gasteiger partial charge in [0.05, 0.1) is 18.8 Å². The average Bonchev–Trinajstić information content (AvgIpc) is 4.02. The van der Waals surface area contributed by atoms with Gasteiger partial charge in [-0.25, -0.2) is 9.78 Å². The summed E-state index contributed by atoms with van der Waals surface area (Å²) in [6.07, 6.45) is 4.40. The lowest BCUT2D eigenvalue weighted by molar-refractivity contribution is -0.144. The van der Waals surface area contributed by atoms with E-state index in [0.717, 1.165) is 16.5 Å². The van der Waals surface area contributed by atoms with Crippen molar-refractivity contribution in [1.29, 1.82) is 0 Å². The molecule has 0 bridgehead atoms. The lowest BCUT2D eigenvalue weighted by Crippen LogP contribution is -2.65. The lowest BCUT2D eigenvalue weighted by atomic mass is 9.97. The minimum absolute atomic E-state index is 0.00912. The zero-order chi connectivity index (χ0) is 46.9. The minimum atomic E-state index is -1.82. The van der Waals surface area contributed by atoms with Crippen molar-refractivity contribution in [3.05, 3.63) is 84.1 Å². The number of aromatic hydroxyl groups is 1. The molecule has 3 heterocycles. The predicted octanol–water partition coefficient (Wildman–Crippen LogP) is -0.254. The molecule has 21 heteroatoms. The number of imidazole rings is 1. The van der Waals surface area contributed by atoms with Crippen molar-refractivity contribution in [2.45, 2.75) is 108 Å². The number of likely N-dealkylation sites (tertiary alicyclic amines) is 1. The Labute approximate surface area is 367 Å². The lowest BCUT2D eigenvalue weighted by Gasteiger charge is -2.34. The second-order valence-corrected chi connectivity index (χ2v) is 16.8. The Morgan fingerprint density at radius 3 is 2.14 bits per heavy atom. The van der Waals surface area contributed by atoms with E-state index < -0.39 is 95.1 Å². The molecule has 5 rings (SSSR count).